The van der Waals surface area contributed by atoms with Gasteiger partial charge in [0, 0.05) is 10.6 Å². The Bertz CT molecular complexity index is 1300. The van der Waals surface area contributed by atoms with E-state index in [1.54, 1.807) is 78.9 Å². The van der Waals surface area contributed by atoms with Crippen molar-refractivity contribution < 1.29 is 19.1 Å². The predicted octanol–water partition coefficient (Wildman–Crippen LogP) is 6.25. The molecule has 9 heteroatoms. The topological polar surface area (TPSA) is 75.7 Å². The first-order chi connectivity index (χ1) is 16.4. The van der Waals surface area contributed by atoms with Gasteiger partial charge in [-0.3, -0.25) is 19.3 Å². The van der Waals surface area contributed by atoms with E-state index in [1.807, 2.05) is 0 Å². The molecule has 0 atom stereocenters. The fourth-order valence-corrected chi connectivity index (χ4v) is 4.44. The van der Waals surface area contributed by atoms with Gasteiger partial charge in [0.15, 0.2) is 6.61 Å². The number of hydrogen-bond donors (Lipinski definition) is 1. The summed E-state index contributed by atoms with van der Waals surface area (Å²) < 4.78 is 5.69. The lowest BCUT2D eigenvalue weighted by atomic mass is 10.1. The molecule has 3 amide bonds. The lowest BCUT2D eigenvalue weighted by Crippen LogP contribution is -2.27. The highest BCUT2D eigenvalue weighted by atomic mass is 35.5. The molecule has 0 saturated carbocycles. The van der Waals surface area contributed by atoms with E-state index in [1.165, 1.54) is 4.90 Å². The van der Waals surface area contributed by atoms with Crippen LogP contribution in [-0.2, 0) is 16.1 Å². The third-order valence-corrected chi connectivity index (χ3v) is 6.29. The van der Waals surface area contributed by atoms with Crippen molar-refractivity contribution in [1.29, 1.82) is 0 Å². The second-order valence-electron chi connectivity index (χ2n) is 7.25. The van der Waals surface area contributed by atoms with Crippen LogP contribution < -0.4 is 10.1 Å². The van der Waals surface area contributed by atoms with Crippen LogP contribution in [0.2, 0.25) is 10.0 Å². The van der Waals surface area contributed by atoms with E-state index in [4.69, 9.17) is 27.9 Å². The molecule has 0 radical (unpaired) electrons. The Labute approximate surface area is 210 Å². The molecule has 1 aliphatic heterocycles. The fraction of sp³-hybridized carbons (Fsp3) is 0.0800. The van der Waals surface area contributed by atoms with E-state index in [-0.39, 0.29) is 29.2 Å². The van der Waals surface area contributed by atoms with Gasteiger partial charge in [-0.1, -0.05) is 65.7 Å². The Morgan fingerprint density at radius 3 is 2.56 bits per heavy atom. The first-order valence-electron chi connectivity index (χ1n) is 10.2. The molecule has 34 heavy (non-hydrogen) atoms. The summed E-state index contributed by atoms with van der Waals surface area (Å²) in [6.07, 6.45) is 1.59. The number of benzene rings is 3. The number of imide groups is 1. The second kappa shape index (κ2) is 10.8. The summed E-state index contributed by atoms with van der Waals surface area (Å²) >= 11 is 12.9. The van der Waals surface area contributed by atoms with Crippen LogP contribution in [0.25, 0.3) is 6.08 Å². The molecule has 1 heterocycles. The van der Waals surface area contributed by atoms with E-state index in [2.05, 4.69) is 5.32 Å². The third kappa shape index (κ3) is 5.80. The second-order valence-corrected chi connectivity index (χ2v) is 9.09. The SMILES string of the molecule is O=C(COc1ccccc1/C=C1\SC(=O)N(Cc2cccc(Cl)c2)C1=O)Nc1ccccc1Cl. The Morgan fingerprint density at radius 2 is 1.76 bits per heavy atom. The number of nitrogens with one attached hydrogen (secondary N) is 1. The summed E-state index contributed by atoms with van der Waals surface area (Å²) in [4.78, 5) is 39.1. The zero-order valence-corrected chi connectivity index (χ0v) is 20.0. The molecular weight excluding hydrogens is 495 g/mol. The molecule has 1 fully saturated rings. The number of halogens is 2. The number of para-hydroxylation sites is 2. The van der Waals surface area contributed by atoms with Gasteiger partial charge in [0.1, 0.15) is 5.75 Å². The molecule has 3 aromatic carbocycles. The average molecular weight is 513 g/mol. The normalized spacial score (nSPS) is 14.5. The van der Waals surface area contributed by atoms with Gasteiger partial charge in [-0.2, -0.15) is 0 Å². The number of carbonyl (C=O) groups is 3. The highest BCUT2D eigenvalue weighted by molar-refractivity contribution is 8.18. The summed E-state index contributed by atoms with van der Waals surface area (Å²) in [6, 6.07) is 20.9. The van der Waals surface area contributed by atoms with E-state index >= 15 is 0 Å². The Kier molecular flexibility index (Phi) is 7.57. The van der Waals surface area contributed by atoms with Crippen molar-refractivity contribution in [2.45, 2.75) is 6.54 Å². The Hall–Kier alpha value is -3.26. The van der Waals surface area contributed by atoms with Crippen LogP contribution in [0.1, 0.15) is 11.1 Å². The average Bonchev–Trinajstić information content (AvgIpc) is 3.07. The van der Waals surface area contributed by atoms with Gasteiger partial charge in [0.2, 0.25) is 0 Å². The van der Waals surface area contributed by atoms with Crippen molar-refractivity contribution in [3.63, 3.8) is 0 Å². The van der Waals surface area contributed by atoms with Crippen LogP contribution in [-0.4, -0.2) is 28.6 Å². The molecule has 0 unspecified atom stereocenters. The van der Waals surface area contributed by atoms with Crippen LogP contribution in [0.15, 0.2) is 77.7 Å². The zero-order valence-electron chi connectivity index (χ0n) is 17.7. The first kappa shape index (κ1) is 23.9. The van der Waals surface area contributed by atoms with Crippen LogP contribution in [0.3, 0.4) is 0 Å². The monoisotopic (exact) mass is 512 g/mol. The fourth-order valence-electron chi connectivity index (χ4n) is 3.22. The number of hydrogen-bond acceptors (Lipinski definition) is 5. The molecule has 0 aromatic heterocycles. The van der Waals surface area contributed by atoms with Gasteiger partial charge < -0.3 is 10.1 Å². The van der Waals surface area contributed by atoms with Crippen LogP contribution in [0, 0.1) is 0 Å². The first-order valence-corrected chi connectivity index (χ1v) is 11.7. The van der Waals surface area contributed by atoms with Gasteiger partial charge in [0.25, 0.3) is 17.1 Å². The summed E-state index contributed by atoms with van der Waals surface area (Å²) in [5, 5.41) is 3.27. The predicted molar refractivity (Wildman–Crippen MR) is 135 cm³/mol. The summed E-state index contributed by atoms with van der Waals surface area (Å²) in [5.74, 6) is -0.385. The summed E-state index contributed by atoms with van der Waals surface area (Å²) in [7, 11) is 0. The minimum absolute atomic E-state index is 0.128. The van der Waals surface area contributed by atoms with Crippen LogP contribution in [0.5, 0.6) is 5.75 Å². The Balaban J connectivity index is 1.45. The van der Waals surface area contributed by atoms with E-state index in [9.17, 15) is 14.4 Å². The van der Waals surface area contributed by atoms with E-state index in [0.717, 1.165) is 17.3 Å². The van der Waals surface area contributed by atoms with E-state index in [0.29, 0.717) is 27.0 Å². The molecule has 1 aliphatic rings. The van der Waals surface area contributed by atoms with Crippen LogP contribution >= 0.6 is 35.0 Å². The molecule has 0 aliphatic carbocycles. The maximum atomic E-state index is 12.9. The van der Waals surface area contributed by atoms with Crippen molar-refractivity contribution in [1.82, 2.24) is 4.90 Å². The highest BCUT2D eigenvalue weighted by Gasteiger charge is 2.35. The zero-order chi connectivity index (χ0) is 24.1. The quantitative estimate of drug-likeness (QED) is 0.378. The van der Waals surface area contributed by atoms with Crippen molar-refractivity contribution in [3.8, 4) is 5.75 Å². The number of rotatable bonds is 7. The summed E-state index contributed by atoms with van der Waals surface area (Å²) in [5.41, 5.74) is 1.81. The number of amides is 3. The van der Waals surface area contributed by atoms with E-state index < -0.39 is 5.91 Å². The van der Waals surface area contributed by atoms with Crippen LogP contribution in [0.4, 0.5) is 10.5 Å². The van der Waals surface area contributed by atoms with Crippen molar-refractivity contribution in [3.05, 3.63) is 98.9 Å². The van der Waals surface area contributed by atoms with Gasteiger partial charge in [0.05, 0.1) is 22.2 Å². The molecule has 1 N–H and O–H groups in total. The molecule has 0 spiro atoms. The minimum atomic E-state index is -0.402. The maximum Gasteiger partial charge on any atom is 0.293 e. The van der Waals surface area contributed by atoms with Crippen molar-refractivity contribution >= 4 is 63.8 Å². The molecular formula is C25H18Cl2N2O4S. The Morgan fingerprint density at radius 1 is 1.00 bits per heavy atom. The number of ether oxygens (including phenoxy) is 1. The molecule has 172 valence electrons. The minimum Gasteiger partial charge on any atom is -0.483 e. The van der Waals surface area contributed by atoms with Crippen molar-refractivity contribution in [2.24, 2.45) is 0 Å². The molecule has 4 rings (SSSR count). The largest absolute Gasteiger partial charge is 0.483 e. The van der Waals surface area contributed by atoms with Crippen molar-refractivity contribution in [2.75, 3.05) is 11.9 Å². The molecule has 6 nitrogen and oxygen atoms in total. The number of nitrogens with zero attached hydrogens (tertiary/aromatic N) is 1. The molecule has 0 bridgehead atoms. The van der Waals surface area contributed by atoms with Gasteiger partial charge >= 0.3 is 0 Å². The van der Waals surface area contributed by atoms with Gasteiger partial charge in [-0.05, 0) is 53.7 Å². The number of thioether (sulfide) groups is 1. The highest BCUT2D eigenvalue weighted by Crippen LogP contribution is 2.35. The summed E-state index contributed by atoms with van der Waals surface area (Å²) in [6.45, 7) is -0.130. The lowest BCUT2D eigenvalue weighted by molar-refractivity contribution is -0.123. The van der Waals surface area contributed by atoms with Gasteiger partial charge in [-0.15, -0.1) is 0 Å². The number of carbonyl (C=O) groups excluding carboxylic acids is 3. The number of anilines is 1. The third-order valence-electron chi connectivity index (χ3n) is 4.82. The maximum absolute atomic E-state index is 12.9. The van der Waals surface area contributed by atoms with Gasteiger partial charge in [-0.25, -0.2) is 0 Å². The smallest absolute Gasteiger partial charge is 0.293 e. The molecule has 1 saturated heterocycles. The molecule has 3 aromatic rings. The lowest BCUT2D eigenvalue weighted by Gasteiger charge is -2.12. The standard InChI is InChI=1S/C25H18Cl2N2O4S/c26-18-8-5-6-16(12-18)14-29-24(31)22(34-25(29)32)13-17-7-1-4-11-21(17)33-15-23(30)28-20-10-3-2-9-19(20)27/h1-13H,14-15H2,(H,28,30)/b22-13-.